The van der Waals surface area contributed by atoms with E-state index in [1.54, 1.807) is 41.3 Å². The monoisotopic (exact) mass is 459 g/mol. The highest BCUT2D eigenvalue weighted by molar-refractivity contribution is 7.89. The molecule has 0 unspecified atom stereocenters. The van der Waals surface area contributed by atoms with Crippen molar-refractivity contribution in [1.29, 1.82) is 0 Å². The maximum atomic E-state index is 13.1. The Bertz CT molecular complexity index is 1030. The summed E-state index contributed by atoms with van der Waals surface area (Å²) < 4.78 is 32.9. The van der Waals surface area contributed by atoms with Gasteiger partial charge in [-0.3, -0.25) is 0 Å². The quantitative estimate of drug-likeness (QED) is 0.716. The predicted molar refractivity (Wildman–Crippen MR) is 120 cm³/mol. The minimum absolute atomic E-state index is 0.149. The second-order valence-electron chi connectivity index (χ2n) is 8.14. The second-order valence-corrected chi connectivity index (χ2v) is 10.0. The van der Waals surface area contributed by atoms with Gasteiger partial charge in [-0.15, -0.1) is 0 Å². The number of phenolic OH excluding ortho intramolecular Hbond substituents is 1. The van der Waals surface area contributed by atoms with Crippen molar-refractivity contribution in [2.24, 2.45) is 0 Å². The van der Waals surface area contributed by atoms with Crippen molar-refractivity contribution < 1.29 is 23.1 Å². The van der Waals surface area contributed by atoms with Crippen molar-refractivity contribution in [2.75, 3.05) is 39.4 Å². The number of rotatable bonds is 5. The Hall–Kier alpha value is -2.62. The molecule has 0 spiro atoms. The lowest BCUT2D eigenvalue weighted by Crippen LogP contribution is -2.44. The predicted octanol–water partition coefficient (Wildman–Crippen LogP) is 2.50. The summed E-state index contributed by atoms with van der Waals surface area (Å²) in [5.41, 5.74) is 1.75. The maximum Gasteiger partial charge on any atom is 0.317 e. The van der Waals surface area contributed by atoms with Crippen LogP contribution in [0.3, 0.4) is 0 Å². The highest BCUT2D eigenvalue weighted by atomic mass is 32.2. The van der Waals surface area contributed by atoms with Crippen LogP contribution in [0, 0.1) is 0 Å². The first-order chi connectivity index (χ1) is 15.4. The molecule has 2 aromatic carbocycles. The Labute approximate surface area is 188 Å². The molecule has 2 N–H and O–H groups in total. The average Bonchev–Trinajstić information content (AvgIpc) is 2.84. The van der Waals surface area contributed by atoms with Gasteiger partial charge in [0.1, 0.15) is 5.75 Å². The van der Waals surface area contributed by atoms with Crippen molar-refractivity contribution in [3.63, 3.8) is 0 Å². The maximum absolute atomic E-state index is 13.1. The first-order valence-electron chi connectivity index (χ1n) is 10.9. The van der Waals surface area contributed by atoms with Gasteiger partial charge in [0.15, 0.2) is 0 Å². The van der Waals surface area contributed by atoms with E-state index in [9.17, 15) is 18.3 Å². The molecular formula is C23H29N3O5S. The highest BCUT2D eigenvalue weighted by Gasteiger charge is 2.29. The molecule has 0 radical (unpaired) electrons. The van der Waals surface area contributed by atoms with Gasteiger partial charge in [-0.2, -0.15) is 4.31 Å². The normalized spacial score (nSPS) is 18.4. The molecule has 0 bridgehead atoms. The fourth-order valence-corrected chi connectivity index (χ4v) is 5.90. The lowest BCUT2D eigenvalue weighted by atomic mass is 9.89. The summed E-state index contributed by atoms with van der Waals surface area (Å²) in [5.74, 6) is 0.612. The first kappa shape index (κ1) is 22.6. The number of piperidine rings is 1. The third-order valence-electron chi connectivity index (χ3n) is 6.14. The molecule has 8 nitrogen and oxygen atoms in total. The minimum atomic E-state index is -3.64. The summed E-state index contributed by atoms with van der Waals surface area (Å²) in [4.78, 5) is 14.7. The van der Waals surface area contributed by atoms with Crippen molar-refractivity contribution in [1.82, 2.24) is 14.5 Å². The molecule has 0 aliphatic carbocycles. The molecule has 2 aliphatic rings. The molecular weight excluding hydrogens is 430 g/mol. The van der Waals surface area contributed by atoms with Gasteiger partial charge in [-0.1, -0.05) is 30.3 Å². The number of hydrogen-bond donors (Lipinski definition) is 2. The number of sulfonamides is 1. The molecule has 2 aromatic rings. The van der Waals surface area contributed by atoms with E-state index in [1.165, 1.54) is 9.87 Å². The molecule has 0 aromatic heterocycles. The number of amides is 2. The van der Waals surface area contributed by atoms with Crippen LogP contribution in [0.5, 0.6) is 5.75 Å². The van der Waals surface area contributed by atoms with Crippen LogP contribution in [0.25, 0.3) is 0 Å². The number of carbonyl (C=O) groups is 1. The Morgan fingerprint density at radius 2 is 1.66 bits per heavy atom. The standard InChI is InChI=1S/C23H29N3O5S/c27-21-7-5-18(6-8-21)19-9-11-25(12-10-19)23(28)24-17-20-3-1-2-4-22(20)32(29,30)26-13-15-31-16-14-26/h1-8,19,27H,9-17H2,(H,24,28). The topological polar surface area (TPSA) is 99.2 Å². The second kappa shape index (κ2) is 9.89. The van der Waals surface area contributed by atoms with Crippen molar-refractivity contribution >= 4 is 16.1 Å². The van der Waals surface area contributed by atoms with Gasteiger partial charge in [0.25, 0.3) is 0 Å². The smallest absolute Gasteiger partial charge is 0.317 e. The number of phenols is 1. The average molecular weight is 460 g/mol. The SMILES string of the molecule is O=C(NCc1ccccc1S(=O)(=O)N1CCOCC1)N1CCC(c2ccc(O)cc2)CC1. The van der Waals surface area contributed by atoms with Gasteiger partial charge >= 0.3 is 6.03 Å². The third-order valence-corrected chi connectivity index (χ3v) is 8.14. The minimum Gasteiger partial charge on any atom is -0.508 e. The lowest BCUT2D eigenvalue weighted by molar-refractivity contribution is 0.0730. The summed E-state index contributed by atoms with van der Waals surface area (Å²) in [6, 6.07) is 13.9. The summed E-state index contributed by atoms with van der Waals surface area (Å²) >= 11 is 0. The van der Waals surface area contributed by atoms with Crippen LogP contribution in [-0.2, 0) is 21.3 Å². The van der Waals surface area contributed by atoms with E-state index in [1.807, 2.05) is 12.1 Å². The first-order valence-corrected chi connectivity index (χ1v) is 12.4. The number of nitrogens with one attached hydrogen (secondary N) is 1. The van der Waals surface area contributed by atoms with Crippen LogP contribution < -0.4 is 5.32 Å². The highest BCUT2D eigenvalue weighted by Crippen LogP contribution is 2.29. The van der Waals surface area contributed by atoms with E-state index < -0.39 is 10.0 Å². The number of carbonyl (C=O) groups excluding carboxylic acids is 1. The number of aromatic hydroxyl groups is 1. The Kier molecular flexibility index (Phi) is 6.98. The summed E-state index contributed by atoms with van der Waals surface area (Å²) in [6.07, 6.45) is 1.69. The summed E-state index contributed by atoms with van der Waals surface area (Å²) in [7, 11) is -3.64. The Morgan fingerprint density at radius 3 is 2.34 bits per heavy atom. The van der Waals surface area contributed by atoms with Crippen LogP contribution in [0.2, 0.25) is 0 Å². The molecule has 0 saturated carbocycles. The fraction of sp³-hybridized carbons (Fsp3) is 0.435. The molecule has 172 valence electrons. The number of hydrogen-bond acceptors (Lipinski definition) is 5. The van der Waals surface area contributed by atoms with Gasteiger partial charge in [-0.05, 0) is 48.1 Å². The van der Waals surface area contributed by atoms with E-state index in [0.29, 0.717) is 50.9 Å². The van der Waals surface area contributed by atoms with Crippen LogP contribution in [0.1, 0.15) is 29.9 Å². The molecule has 2 amide bonds. The molecule has 2 heterocycles. The van der Waals surface area contributed by atoms with Crippen molar-refractivity contribution in [3.05, 3.63) is 59.7 Å². The van der Waals surface area contributed by atoms with Crippen LogP contribution in [0.4, 0.5) is 4.79 Å². The van der Waals surface area contributed by atoms with Crippen molar-refractivity contribution in [3.8, 4) is 5.75 Å². The lowest BCUT2D eigenvalue weighted by Gasteiger charge is -2.32. The van der Waals surface area contributed by atoms with E-state index in [-0.39, 0.29) is 23.2 Å². The largest absolute Gasteiger partial charge is 0.508 e. The van der Waals surface area contributed by atoms with Crippen LogP contribution in [0.15, 0.2) is 53.4 Å². The number of benzene rings is 2. The van der Waals surface area contributed by atoms with Crippen LogP contribution in [-0.4, -0.2) is 68.2 Å². The van der Waals surface area contributed by atoms with Crippen LogP contribution >= 0.6 is 0 Å². The molecule has 2 fully saturated rings. The third kappa shape index (κ3) is 5.06. The molecule has 32 heavy (non-hydrogen) atoms. The fourth-order valence-electron chi connectivity index (χ4n) is 4.27. The Morgan fingerprint density at radius 1 is 1.00 bits per heavy atom. The van der Waals surface area contributed by atoms with Gasteiger partial charge in [0.05, 0.1) is 18.1 Å². The Balaban J connectivity index is 1.35. The zero-order valence-electron chi connectivity index (χ0n) is 17.9. The van der Waals surface area contributed by atoms with E-state index in [2.05, 4.69) is 5.32 Å². The number of urea groups is 1. The zero-order chi connectivity index (χ0) is 22.6. The summed E-state index contributed by atoms with van der Waals surface area (Å²) in [6.45, 7) is 2.85. The number of ether oxygens (including phenoxy) is 1. The van der Waals surface area contributed by atoms with E-state index >= 15 is 0 Å². The molecule has 9 heteroatoms. The molecule has 4 rings (SSSR count). The van der Waals surface area contributed by atoms with E-state index in [4.69, 9.17) is 4.74 Å². The van der Waals surface area contributed by atoms with Gasteiger partial charge in [0, 0.05) is 32.7 Å². The molecule has 0 atom stereocenters. The zero-order valence-corrected chi connectivity index (χ0v) is 18.8. The van der Waals surface area contributed by atoms with Crippen molar-refractivity contribution in [2.45, 2.75) is 30.2 Å². The van der Waals surface area contributed by atoms with Gasteiger partial charge < -0.3 is 20.1 Å². The summed E-state index contributed by atoms with van der Waals surface area (Å²) in [5, 5.41) is 12.4. The van der Waals surface area contributed by atoms with Gasteiger partial charge in [0.2, 0.25) is 10.0 Å². The molecule has 2 saturated heterocycles. The van der Waals surface area contributed by atoms with E-state index in [0.717, 1.165) is 12.8 Å². The number of likely N-dealkylation sites (tertiary alicyclic amines) is 1. The molecule has 2 aliphatic heterocycles. The van der Waals surface area contributed by atoms with Gasteiger partial charge in [-0.25, -0.2) is 13.2 Å². The number of morpholine rings is 1. The number of nitrogens with zero attached hydrogens (tertiary/aromatic N) is 2.